The lowest BCUT2D eigenvalue weighted by molar-refractivity contribution is -0.150. The number of esters is 1. The molecular weight excluding hydrogens is 542 g/mol. The number of nitrogens with one attached hydrogen (secondary N) is 2. The van der Waals surface area contributed by atoms with Gasteiger partial charge in [-0.25, -0.2) is 9.59 Å². The Hall–Kier alpha value is -2.40. The minimum Gasteiger partial charge on any atom is -0.464 e. The lowest BCUT2D eigenvalue weighted by atomic mass is 10.0. The van der Waals surface area contributed by atoms with E-state index in [9.17, 15) is 19.2 Å². The van der Waals surface area contributed by atoms with Crippen molar-refractivity contribution in [3.63, 3.8) is 0 Å². The zero-order valence-electron chi connectivity index (χ0n) is 26.4. The van der Waals surface area contributed by atoms with E-state index in [0.717, 1.165) is 12.8 Å². The summed E-state index contributed by atoms with van der Waals surface area (Å²) in [7, 11) is -2.21. The summed E-state index contributed by atoms with van der Waals surface area (Å²) in [4.78, 5) is 55.3. The van der Waals surface area contributed by atoms with Crippen LogP contribution in [-0.2, 0) is 28.3 Å². The molecule has 41 heavy (non-hydrogen) atoms. The van der Waals surface area contributed by atoms with Gasteiger partial charge in [0, 0.05) is 18.9 Å². The SMILES string of the molecule is CCOC(=O)[C@@]12C[C@H]1C=CCCCC[C@H](NC(=O)OC(C)(C)C)C(=O)N1C[C@H](O[Si](C)(C)C(C)(C)C)C[C@H]1C(=O)N2. The third-order valence-corrected chi connectivity index (χ3v) is 13.1. The average Bonchev–Trinajstić information content (AvgIpc) is 3.36. The fourth-order valence-electron chi connectivity index (χ4n) is 5.26. The highest BCUT2D eigenvalue weighted by Gasteiger charge is 2.62. The van der Waals surface area contributed by atoms with E-state index < -0.39 is 49.5 Å². The third-order valence-electron chi connectivity index (χ3n) is 8.59. The van der Waals surface area contributed by atoms with Crippen molar-refractivity contribution in [3.05, 3.63) is 12.2 Å². The maximum Gasteiger partial charge on any atom is 0.408 e. The molecule has 3 aliphatic rings. The number of carbonyl (C=O) groups excluding carboxylic acids is 4. The van der Waals surface area contributed by atoms with Crippen LogP contribution < -0.4 is 10.6 Å². The lowest BCUT2D eigenvalue weighted by Gasteiger charge is -2.38. The molecule has 0 bridgehead atoms. The number of hydrogen-bond donors (Lipinski definition) is 2. The van der Waals surface area contributed by atoms with Crippen molar-refractivity contribution in [2.45, 2.75) is 134 Å². The van der Waals surface area contributed by atoms with Gasteiger partial charge in [-0.15, -0.1) is 0 Å². The largest absolute Gasteiger partial charge is 0.464 e. The molecule has 1 saturated carbocycles. The number of nitrogens with zero attached hydrogens (tertiary/aromatic N) is 1. The number of amides is 3. The van der Waals surface area contributed by atoms with Crippen molar-refractivity contribution in [2.24, 2.45) is 5.92 Å². The number of fused-ring (bicyclic) bond motifs is 2. The van der Waals surface area contributed by atoms with E-state index in [1.165, 1.54) is 4.90 Å². The summed E-state index contributed by atoms with van der Waals surface area (Å²) < 4.78 is 17.5. The minimum atomic E-state index is -2.21. The molecule has 0 aromatic rings. The second kappa shape index (κ2) is 12.4. The minimum absolute atomic E-state index is 0.0558. The van der Waals surface area contributed by atoms with Gasteiger partial charge in [-0.2, -0.15) is 0 Å². The molecule has 0 aromatic heterocycles. The molecule has 1 aliphatic carbocycles. The van der Waals surface area contributed by atoms with Crippen LogP contribution in [0.5, 0.6) is 0 Å². The van der Waals surface area contributed by atoms with E-state index in [4.69, 9.17) is 13.9 Å². The summed E-state index contributed by atoms with van der Waals surface area (Å²) in [6, 6.07) is -1.70. The molecule has 2 fully saturated rings. The van der Waals surface area contributed by atoms with Crippen LogP contribution >= 0.6 is 0 Å². The summed E-state index contributed by atoms with van der Waals surface area (Å²) in [6.45, 7) is 18.2. The normalized spacial score (nSPS) is 29.5. The average molecular weight is 594 g/mol. The van der Waals surface area contributed by atoms with Crippen LogP contribution in [0.1, 0.15) is 87.0 Å². The quantitative estimate of drug-likeness (QED) is 0.274. The van der Waals surface area contributed by atoms with Crippen LogP contribution in [0.25, 0.3) is 0 Å². The highest BCUT2D eigenvalue weighted by molar-refractivity contribution is 6.74. The Kier molecular flexibility index (Phi) is 10.1. The molecule has 2 aliphatic heterocycles. The molecular formula is C30H51N3O7Si. The number of alkyl carbamates (subject to hydrolysis) is 1. The van der Waals surface area contributed by atoms with Crippen molar-refractivity contribution in [2.75, 3.05) is 13.2 Å². The van der Waals surface area contributed by atoms with E-state index >= 15 is 0 Å². The van der Waals surface area contributed by atoms with Crippen LogP contribution in [0.15, 0.2) is 12.2 Å². The highest BCUT2D eigenvalue weighted by atomic mass is 28.4. The van der Waals surface area contributed by atoms with Gasteiger partial charge >= 0.3 is 12.1 Å². The number of carbonyl (C=O) groups is 4. The summed E-state index contributed by atoms with van der Waals surface area (Å²) in [5, 5.41) is 5.70. The zero-order chi connectivity index (χ0) is 30.8. The fourth-order valence-corrected chi connectivity index (χ4v) is 6.62. The Morgan fingerprint density at radius 3 is 2.44 bits per heavy atom. The van der Waals surface area contributed by atoms with Crippen molar-refractivity contribution in [1.82, 2.24) is 15.5 Å². The molecule has 232 valence electrons. The zero-order valence-corrected chi connectivity index (χ0v) is 27.4. The third kappa shape index (κ3) is 8.12. The number of rotatable bonds is 5. The molecule has 11 heteroatoms. The van der Waals surface area contributed by atoms with Gasteiger partial charge in [0.05, 0.1) is 12.7 Å². The van der Waals surface area contributed by atoms with Gasteiger partial charge in [-0.3, -0.25) is 9.59 Å². The molecule has 0 radical (unpaired) electrons. The van der Waals surface area contributed by atoms with Gasteiger partial charge in [0.2, 0.25) is 11.8 Å². The fraction of sp³-hybridized carbons (Fsp3) is 0.800. The van der Waals surface area contributed by atoms with Gasteiger partial charge in [0.1, 0.15) is 23.2 Å². The summed E-state index contributed by atoms with van der Waals surface area (Å²) in [5.74, 6) is -1.36. The Bertz CT molecular complexity index is 1030. The Balaban J connectivity index is 1.94. The predicted molar refractivity (Wildman–Crippen MR) is 159 cm³/mol. The molecule has 1 saturated heterocycles. The summed E-state index contributed by atoms with van der Waals surface area (Å²) in [5.41, 5.74) is -1.85. The van der Waals surface area contributed by atoms with Crippen LogP contribution in [0.2, 0.25) is 18.1 Å². The second-order valence-corrected chi connectivity index (χ2v) is 18.9. The maximum absolute atomic E-state index is 14.1. The highest BCUT2D eigenvalue weighted by Crippen LogP contribution is 2.46. The molecule has 10 nitrogen and oxygen atoms in total. The second-order valence-electron chi connectivity index (χ2n) is 14.1. The van der Waals surface area contributed by atoms with Gasteiger partial charge < -0.3 is 29.4 Å². The Labute approximate surface area is 246 Å². The van der Waals surface area contributed by atoms with Crippen LogP contribution in [0.3, 0.4) is 0 Å². The predicted octanol–water partition coefficient (Wildman–Crippen LogP) is 4.44. The first kappa shape index (κ1) is 33.1. The van der Waals surface area contributed by atoms with Crippen molar-refractivity contribution in [1.29, 1.82) is 0 Å². The van der Waals surface area contributed by atoms with E-state index in [1.807, 2.05) is 12.2 Å². The van der Waals surface area contributed by atoms with Crippen LogP contribution in [0, 0.1) is 5.92 Å². The summed E-state index contributed by atoms with van der Waals surface area (Å²) >= 11 is 0. The van der Waals surface area contributed by atoms with Crippen molar-refractivity contribution >= 4 is 32.2 Å². The van der Waals surface area contributed by atoms with E-state index in [-0.39, 0.29) is 36.1 Å². The molecule has 0 spiro atoms. The van der Waals surface area contributed by atoms with E-state index in [2.05, 4.69) is 44.5 Å². The molecule has 0 aromatic carbocycles. The van der Waals surface area contributed by atoms with Crippen LogP contribution in [0.4, 0.5) is 4.79 Å². The Morgan fingerprint density at radius 1 is 1.15 bits per heavy atom. The number of hydrogen-bond acceptors (Lipinski definition) is 7. The van der Waals surface area contributed by atoms with Crippen LogP contribution in [-0.4, -0.2) is 79.6 Å². The van der Waals surface area contributed by atoms with E-state index in [0.29, 0.717) is 25.7 Å². The molecule has 5 atom stereocenters. The number of ether oxygens (including phenoxy) is 2. The molecule has 3 rings (SSSR count). The number of allylic oxidation sites excluding steroid dienone is 1. The topological polar surface area (TPSA) is 123 Å². The van der Waals surface area contributed by atoms with Gasteiger partial charge in [-0.05, 0) is 71.5 Å². The van der Waals surface area contributed by atoms with E-state index in [1.54, 1.807) is 27.7 Å². The van der Waals surface area contributed by atoms with Gasteiger partial charge in [0.15, 0.2) is 8.32 Å². The Morgan fingerprint density at radius 2 is 1.83 bits per heavy atom. The standard InChI is InChI=1S/C30H51N3O7Si/c1-10-38-26(36)30-18-20(30)15-13-11-12-14-16-22(31-27(37)39-28(2,3)4)25(35)33-19-21(17-23(33)24(34)32-30)40-41(8,9)29(5,6)7/h13,15,20-23H,10-12,14,16-19H2,1-9H3,(H,31,37)(H,32,34)/t20-,21-,22+,23+,30-/m1/s1. The maximum atomic E-state index is 14.1. The molecule has 0 unspecified atom stereocenters. The van der Waals surface area contributed by atoms with Gasteiger partial charge in [0.25, 0.3) is 0 Å². The molecule has 2 N–H and O–H groups in total. The monoisotopic (exact) mass is 593 g/mol. The molecule has 2 heterocycles. The first-order chi connectivity index (χ1) is 18.9. The van der Waals surface area contributed by atoms with Gasteiger partial charge in [-0.1, -0.05) is 39.3 Å². The smallest absolute Gasteiger partial charge is 0.408 e. The summed E-state index contributed by atoms with van der Waals surface area (Å²) in [6.07, 6.45) is 6.43. The van der Waals surface area contributed by atoms with Crippen molar-refractivity contribution < 1.29 is 33.1 Å². The lowest BCUT2D eigenvalue weighted by Crippen LogP contribution is -2.56. The molecule has 3 amide bonds. The first-order valence-corrected chi connectivity index (χ1v) is 17.9. The first-order valence-electron chi connectivity index (χ1n) is 15.0. The van der Waals surface area contributed by atoms with Crippen molar-refractivity contribution in [3.8, 4) is 0 Å².